The first-order valence-electron chi connectivity index (χ1n) is 5.92. The third-order valence-corrected chi connectivity index (χ3v) is 2.73. The zero-order chi connectivity index (χ0) is 16.3. The Morgan fingerprint density at radius 2 is 1.91 bits per heavy atom. The summed E-state index contributed by atoms with van der Waals surface area (Å²) in [5, 5.41) is 10.7. The smallest absolute Gasteiger partial charge is 0.346 e. The van der Waals surface area contributed by atoms with Gasteiger partial charge in [0.25, 0.3) is 5.69 Å². The molecular formula is C14H9F2NO5. The van der Waals surface area contributed by atoms with Crippen LogP contribution in [0.3, 0.4) is 0 Å². The van der Waals surface area contributed by atoms with Crippen molar-refractivity contribution in [2.24, 2.45) is 0 Å². The van der Waals surface area contributed by atoms with E-state index in [0.717, 1.165) is 30.3 Å². The number of ether oxygens (including phenoxy) is 2. The molecule has 114 valence electrons. The molecule has 6 nitrogen and oxygen atoms in total. The molecule has 2 aromatic carbocycles. The van der Waals surface area contributed by atoms with Gasteiger partial charge in [-0.2, -0.15) is 0 Å². The minimum Gasteiger partial charge on any atom is -0.493 e. The molecule has 0 N–H and O–H groups in total. The Hall–Kier alpha value is -3.03. The molecule has 0 fully saturated rings. The van der Waals surface area contributed by atoms with E-state index < -0.39 is 28.1 Å². The van der Waals surface area contributed by atoms with Crippen LogP contribution in [0.1, 0.15) is 10.4 Å². The van der Waals surface area contributed by atoms with Crippen molar-refractivity contribution < 1.29 is 28.0 Å². The molecule has 0 unspecified atom stereocenters. The molecule has 0 aliphatic heterocycles. The Morgan fingerprint density at radius 1 is 1.18 bits per heavy atom. The maximum absolute atomic E-state index is 13.5. The summed E-state index contributed by atoms with van der Waals surface area (Å²) in [6.45, 7) is 0. The molecule has 2 aromatic rings. The SMILES string of the molecule is COc1ccc([N+](=O)[O-])cc1OC(=O)c1cccc(F)c1F. The monoisotopic (exact) mass is 309 g/mol. The molecule has 0 saturated heterocycles. The van der Waals surface area contributed by atoms with E-state index in [0.29, 0.717) is 0 Å². The van der Waals surface area contributed by atoms with E-state index in [1.54, 1.807) is 0 Å². The first-order valence-corrected chi connectivity index (χ1v) is 5.92. The zero-order valence-electron chi connectivity index (χ0n) is 11.2. The molecule has 0 saturated carbocycles. The Bertz CT molecular complexity index is 748. The molecule has 0 aliphatic carbocycles. The number of nitro benzene ring substituents is 1. The van der Waals surface area contributed by atoms with Crippen LogP contribution in [0, 0.1) is 21.7 Å². The summed E-state index contributed by atoms with van der Waals surface area (Å²) >= 11 is 0. The van der Waals surface area contributed by atoms with Crippen LogP contribution < -0.4 is 9.47 Å². The topological polar surface area (TPSA) is 78.7 Å². The lowest BCUT2D eigenvalue weighted by atomic mass is 10.2. The molecule has 0 bridgehead atoms. The number of carbonyl (C=O) groups is 1. The van der Waals surface area contributed by atoms with Crippen molar-refractivity contribution in [2.45, 2.75) is 0 Å². The number of halogens is 2. The molecule has 0 radical (unpaired) electrons. The number of non-ortho nitro benzene ring substituents is 1. The second-order valence-corrected chi connectivity index (χ2v) is 4.08. The van der Waals surface area contributed by atoms with Gasteiger partial charge in [0, 0.05) is 6.07 Å². The van der Waals surface area contributed by atoms with Gasteiger partial charge in [-0.15, -0.1) is 0 Å². The number of nitro groups is 1. The Kier molecular flexibility index (Phi) is 4.31. The first kappa shape index (κ1) is 15.4. The minimum absolute atomic E-state index is 0.0377. The number of benzene rings is 2. The highest BCUT2D eigenvalue weighted by molar-refractivity contribution is 5.91. The fourth-order valence-corrected chi connectivity index (χ4v) is 1.68. The minimum atomic E-state index is -1.36. The fourth-order valence-electron chi connectivity index (χ4n) is 1.68. The van der Waals surface area contributed by atoms with Crippen molar-refractivity contribution >= 4 is 11.7 Å². The average molecular weight is 309 g/mol. The number of esters is 1. The maximum atomic E-state index is 13.5. The van der Waals surface area contributed by atoms with Crippen molar-refractivity contribution in [3.63, 3.8) is 0 Å². The highest BCUT2D eigenvalue weighted by Crippen LogP contribution is 2.32. The zero-order valence-corrected chi connectivity index (χ0v) is 11.2. The summed E-state index contributed by atoms with van der Waals surface area (Å²) in [5.41, 5.74) is -0.975. The van der Waals surface area contributed by atoms with Crippen LogP contribution in [0.15, 0.2) is 36.4 Å². The summed E-state index contributed by atoms with van der Waals surface area (Å²) in [6.07, 6.45) is 0. The lowest BCUT2D eigenvalue weighted by Gasteiger charge is -2.09. The van der Waals surface area contributed by atoms with Gasteiger partial charge in [-0.05, 0) is 18.2 Å². The predicted molar refractivity (Wildman–Crippen MR) is 71.0 cm³/mol. The van der Waals surface area contributed by atoms with Crippen LogP contribution in [-0.2, 0) is 0 Å². The number of carbonyl (C=O) groups excluding carboxylic acids is 1. The van der Waals surface area contributed by atoms with Crippen LogP contribution in [0.4, 0.5) is 14.5 Å². The molecule has 0 atom stereocenters. The van der Waals surface area contributed by atoms with Gasteiger partial charge in [0.1, 0.15) is 0 Å². The summed E-state index contributed by atoms with van der Waals surface area (Å²) in [6, 6.07) is 6.35. The van der Waals surface area contributed by atoms with E-state index in [1.807, 2.05) is 0 Å². The lowest BCUT2D eigenvalue weighted by Crippen LogP contribution is -2.12. The van der Waals surface area contributed by atoms with E-state index in [-0.39, 0.29) is 17.2 Å². The van der Waals surface area contributed by atoms with Crippen LogP contribution in [0.25, 0.3) is 0 Å². The average Bonchev–Trinajstić information content (AvgIpc) is 2.49. The summed E-state index contributed by atoms with van der Waals surface area (Å²) in [7, 11) is 1.27. The van der Waals surface area contributed by atoms with Gasteiger partial charge in [0.2, 0.25) is 0 Å². The van der Waals surface area contributed by atoms with Gasteiger partial charge < -0.3 is 9.47 Å². The van der Waals surface area contributed by atoms with Crippen molar-refractivity contribution in [1.29, 1.82) is 0 Å². The van der Waals surface area contributed by atoms with E-state index >= 15 is 0 Å². The number of rotatable bonds is 4. The van der Waals surface area contributed by atoms with Crippen molar-refractivity contribution in [3.05, 3.63) is 63.7 Å². The van der Waals surface area contributed by atoms with Crippen molar-refractivity contribution in [1.82, 2.24) is 0 Å². The van der Waals surface area contributed by atoms with Gasteiger partial charge >= 0.3 is 5.97 Å². The third kappa shape index (κ3) is 3.00. The lowest BCUT2D eigenvalue weighted by molar-refractivity contribution is -0.384. The fraction of sp³-hybridized carbons (Fsp3) is 0.0714. The molecule has 0 spiro atoms. The Labute approximate surface area is 123 Å². The number of hydrogen-bond donors (Lipinski definition) is 0. The molecule has 22 heavy (non-hydrogen) atoms. The van der Waals surface area contributed by atoms with E-state index in [2.05, 4.69) is 0 Å². The standard InChI is InChI=1S/C14H9F2NO5/c1-21-11-6-5-8(17(19)20)7-12(11)22-14(18)9-3-2-4-10(15)13(9)16/h2-7H,1H3. The first-order chi connectivity index (χ1) is 10.4. The van der Waals surface area contributed by atoms with Crippen LogP contribution in [0.2, 0.25) is 0 Å². The summed E-state index contributed by atoms with van der Waals surface area (Å²) < 4.78 is 36.4. The molecule has 0 heterocycles. The molecule has 0 aromatic heterocycles. The second-order valence-electron chi connectivity index (χ2n) is 4.08. The van der Waals surface area contributed by atoms with E-state index in [9.17, 15) is 23.7 Å². The molecule has 8 heteroatoms. The van der Waals surface area contributed by atoms with Crippen molar-refractivity contribution in [3.8, 4) is 11.5 Å². The number of hydrogen-bond acceptors (Lipinski definition) is 5. The highest BCUT2D eigenvalue weighted by Gasteiger charge is 2.20. The quantitative estimate of drug-likeness (QED) is 0.375. The molecule has 0 aliphatic rings. The van der Waals surface area contributed by atoms with Crippen LogP contribution in [-0.4, -0.2) is 18.0 Å². The highest BCUT2D eigenvalue weighted by atomic mass is 19.2. The molecular weight excluding hydrogens is 300 g/mol. The third-order valence-electron chi connectivity index (χ3n) is 2.73. The maximum Gasteiger partial charge on any atom is 0.346 e. The van der Waals surface area contributed by atoms with Gasteiger partial charge in [-0.3, -0.25) is 10.1 Å². The van der Waals surface area contributed by atoms with Crippen LogP contribution >= 0.6 is 0 Å². The Balaban J connectivity index is 2.37. The molecule has 0 amide bonds. The normalized spacial score (nSPS) is 10.1. The number of nitrogens with zero attached hydrogens (tertiary/aromatic N) is 1. The second kappa shape index (κ2) is 6.17. The van der Waals surface area contributed by atoms with Crippen LogP contribution in [0.5, 0.6) is 11.5 Å². The Morgan fingerprint density at radius 3 is 2.55 bits per heavy atom. The van der Waals surface area contributed by atoms with Gasteiger partial charge in [-0.1, -0.05) is 6.07 Å². The van der Waals surface area contributed by atoms with E-state index in [4.69, 9.17) is 9.47 Å². The van der Waals surface area contributed by atoms with Crippen molar-refractivity contribution in [2.75, 3.05) is 7.11 Å². The van der Waals surface area contributed by atoms with E-state index in [1.165, 1.54) is 13.2 Å². The predicted octanol–water partition coefficient (Wildman–Crippen LogP) is 3.10. The van der Waals surface area contributed by atoms with Gasteiger partial charge in [0.05, 0.1) is 23.7 Å². The number of methoxy groups -OCH3 is 1. The molecule has 2 rings (SSSR count). The largest absolute Gasteiger partial charge is 0.493 e. The summed E-state index contributed by atoms with van der Waals surface area (Å²) in [5.74, 6) is -4.01. The van der Waals surface area contributed by atoms with Gasteiger partial charge in [0.15, 0.2) is 23.1 Å². The van der Waals surface area contributed by atoms with Gasteiger partial charge in [-0.25, -0.2) is 13.6 Å². The summed E-state index contributed by atoms with van der Waals surface area (Å²) in [4.78, 5) is 21.9.